The molecular weight excluding hydrogens is 395 g/mol. The number of benzene rings is 1. The number of nitrogens with zero attached hydrogens (tertiary/aromatic N) is 1. The first-order valence-corrected chi connectivity index (χ1v) is 11.0. The van der Waals surface area contributed by atoms with Crippen molar-refractivity contribution in [1.29, 1.82) is 0 Å². The Morgan fingerprint density at radius 1 is 1.07 bits per heavy atom. The van der Waals surface area contributed by atoms with Crippen LogP contribution in [0.3, 0.4) is 0 Å². The second-order valence-corrected chi connectivity index (χ2v) is 7.88. The van der Waals surface area contributed by atoms with Gasteiger partial charge in [0.15, 0.2) is 0 Å². The van der Waals surface area contributed by atoms with Crippen LogP contribution in [0.5, 0.6) is 0 Å². The highest BCUT2D eigenvalue weighted by molar-refractivity contribution is 5.97. The molecule has 1 unspecified atom stereocenters. The molecule has 1 saturated heterocycles. The third-order valence-electron chi connectivity index (χ3n) is 5.46. The largest absolute Gasteiger partial charge is 0.464 e. The molecule has 1 amide bonds. The lowest BCUT2D eigenvalue weighted by atomic mass is 10.1. The molecule has 30 heavy (non-hydrogen) atoms. The third-order valence-corrected chi connectivity index (χ3v) is 5.46. The Labute approximate surface area is 176 Å². The Hall–Kier alpha value is -2.05. The summed E-state index contributed by atoms with van der Waals surface area (Å²) in [5, 5.41) is 0. The summed E-state index contributed by atoms with van der Waals surface area (Å²) in [6.45, 7) is 2.84. The van der Waals surface area contributed by atoms with Crippen LogP contribution >= 0.6 is 0 Å². The van der Waals surface area contributed by atoms with Gasteiger partial charge in [0.2, 0.25) is 0 Å². The van der Waals surface area contributed by atoms with Crippen LogP contribution in [0.1, 0.15) is 87.1 Å². The first-order chi connectivity index (χ1) is 14.3. The van der Waals surface area contributed by atoms with Crippen LogP contribution in [0.15, 0.2) is 24.3 Å². The first kappa shape index (κ1) is 24.2. The number of hydrogen-bond acceptors (Lipinski definition) is 3. The molecule has 1 aliphatic heterocycles. The molecule has 1 heterocycles. The number of carbonyl (C=O) groups excluding carboxylic acids is 2. The van der Waals surface area contributed by atoms with Crippen LogP contribution in [-0.2, 0) is 15.7 Å². The summed E-state index contributed by atoms with van der Waals surface area (Å²) >= 11 is 0. The zero-order chi connectivity index (χ0) is 22.0. The molecule has 7 heteroatoms. The minimum absolute atomic E-state index is 0.0624. The van der Waals surface area contributed by atoms with Crippen molar-refractivity contribution in [2.75, 3.05) is 13.2 Å². The number of carbonyl (C=O) groups is 2. The molecule has 1 atom stereocenters. The van der Waals surface area contributed by atoms with Gasteiger partial charge in [0.1, 0.15) is 6.04 Å². The summed E-state index contributed by atoms with van der Waals surface area (Å²) in [7, 11) is 0. The topological polar surface area (TPSA) is 46.6 Å². The highest BCUT2D eigenvalue weighted by Crippen LogP contribution is 2.30. The van der Waals surface area contributed by atoms with Crippen molar-refractivity contribution in [1.82, 2.24) is 4.90 Å². The lowest BCUT2D eigenvalue weighted by molar-refractivity contribution is -0.148. The summed E-state index contributed by atoms with van der Waals surface area (Å²) in [4.78, 5) is 26.5. The molecule has 0 aliphatic carbocycles. The number of amides is 1. The van der Waals surface area contributed by atoms with Gasteiger partial charge in [-0.05, 0) is 37.5 Å². The zero-order valence-electron chi connectivity index (χ0n) is 17.7. The molecule has 1 aromatic rings. The van der Waals surface area contributed by atoms with E-state index in [1.54, 1.807) is 0 Å². The van der Waals surface area contributed by atoms with E-state index in [1.165, 1.54) is 49.1 Å². The molecule has 0 radical (unpaired) electrons. The van der Waals surface area contributed by atoms with Crippen LogP contribution < -0.4 is 0 Å². The summed E-state index contributed by atoms with van der Waals surface area (Å²) in [5.74, 6) is -1.02. The average Bonchev–Trinajstić information content (AvgIpc) is 3.21. The number of esters is 1. The van der Waals surface area contributed by atoms with Gasteiger partial charge in [-0.15, -0.1) is 0 Å². The predicted molar refractivity (Wildman–Crippen MR) is 109 cm³/mol. The molecule has 0 N–H and O–H groups in total. The highest BCUT2D eigenvalue weighted by Gasteiger charge is 2.37. The molecule has 1 fully saturated rings. The molecule has 168 valence electrons. The minimum Gasteiger partial charge on any atom is -0.464 e. The second-order valence-electron chi connectivity index (χ2n) is 7.88. The quantitative estimate of drug-likeness (QED) is 0.322. The van der Waals surface area contributed by atoms with Crippen molar-refractivity contribution in [2.45, 2.75) is 83.4 Å². The van der Waals surface area contributed by atoms with Gasteiger partial charge >= 0.3 is 12.1 Å². The van der Waals surface area contributed by atoms with Crippen LogP contribution in [0, 0.1) is 0 Å². The number of hydrogen-bond donors (Lipinski definition) is 0. The molecule has 1 aliphatic rings. The van der Waals surface area contributed by atoms with Crippen molar-refractivity contribution in [3.63, 3.8) is 0 Å². The monoisotopic (exact) mass is 427 g/mol. The van der Waals surface area contributed by atoms with Crippen molar-refractivity contribution in [3.05, 3.63) is 35.4 Å². The Morgan fingerprint density at radius 2 is 1.73 bits per heavy atom. The standard InChI is InChI=1S/C23H32F3NO3/c1-2-3-4-5-6-7-8-9-16-30-22(29)20-14-11-15-27(20)21(28)18-12-10-13-19(17-18)23(24,25)26/h10,12-13,17,20H,2-9,11,14-16H2,1H3. The van der Waals surface area contributed by atoms with Crippen molar-refractivity contribution in [2.24, 2.45) is 0 Å². The lowest BCUT2D eigenvalue weighted by Gasteiger charge is -2.23. The fraction of sp³-hybridized carbons (Fsp3) is 0.652. The average molecular weight is 428 g/mol. The Bertz CT molecular complexity index is 691. The summed E-state index contributed by atoms with van der Waals surface area (Å²) < 4.78 is 44.1. The lowest BCUT2D eigenvalue weighted by Crippen LogP contribution is -2.41. The molecule has 0 saturated carbocycles. The maximum atomic E-state index is 12.9. The number of halogens is 3. The smallest absolute Gasteiger partial charge is 0.416 e. The summed E-state index contributed by atoms with van der Waals surface area (Å²) in [6.07, 6.45) is 5.68. The SMILES string of the molecule is CCCCCCCCCCOC(=O)C1CCCN1C(=O)c1cccc(C(F)(F)F)c1. The van der Waals surface area contributed by atoms with Gasteiger partial charge in [-0.25, -0.2) is 4.79 Å². The van der Waals surface area contributed by atoms with E-state index in [2.05, 4.69) is 6.92 Å². The maximum absolute atomic E-state index is 12.9. The van der Waals surface area contributed by atoms with Crippen LogP contribution in [0.2, 0.25) is 0 Å². The van der Waals surface area contributed by atoms with E-state index in [-0.39, 0.29) is 5.56 Å². The van der Waals surface area contributed by atoms with Crippen molar-refractivity contribution in [3.8, 4) is 0 Å². The van der Waals surface area contributed by atoms with E-state index in [0.717, 1.165) is 31.4 Å². The molecule has 2 rings (SSSR count). The minimum atomic E-state index is -4.52. The van der Waals surface area contributed by atoms with Crippen molar-refractivity contribution < 1.29 is 27.5 Å². The number of alkyl halides is 3. The van der Waals surface area contributed by atoms with E-state index in [4.69, 9.17) is 4.74 Å². The van der Waals surface area contributed by atoms with Crippen molar-refractivity contribution >= 4 is 11.9 Å². The number of unbranched alkanes of at least 4 members (excludes halogenated alkanes) is 7. The number of rotatable bonds is 11. The van der Waals surface area contributed by atoms with Gasteiger partial charge in [0.25, 0.3) is 5.91 Å². The third kappa shape index (κ3) is 7.33. The van der Waals surface area contributed by atoms with Gasteiger partial charge in [-0.1, -0.05) is 57.9 Å². The van der Waals surface area contributed by atoms with E-state index in [1.807, 2.05) is 0 Å². The predicted octanol–water partition coefficient (Wildman–Crippen LogP) is 5.99. The normalized spacial score (nSPS) is 16.7. The zero-order valence-corrected chi connectivity index (χ0v) is 17.7. The molecular formula is C23H32F3NO3. The number of likely N-dealkylation sites (tertiary alicyclic amines) is 1. The summed E-state index contributed by atoms with van der Waals surface area (Å²) in [6, 6.07) is 3.60. The Kier molecular flexibility index (Phi) is 9.66. The van der Waals surface area contributed by atoms with Gasteiger partial charge in [0.05, 0.1) is 12.2 Å². The van der Waals surface area contributed by atoms with E-state index >= 15 is 0 Å². The van der Waals surface area contributed by atoms with E-state index in [9.17, 15) is 22.8 Å². The van der Waals surface area contributed by atoms with Crippen LogP contribution in [-0.4, -0.2) is 36.0 Å². The molecule has 0 spiro atoms. The fourth-order valence-electron chi connectivity index (χ4n) is 3.75. The van der Waals surface area contributed by atoms with E-state index in [0.29, 0.717) is 26.0 Å². The van der Waals surface area contributed by atoms with Gasteiger partial charge in [-0.3, -0.25) is 4.79 Å². The fourth-order valence-corrected chi connectivity index (χ4v) is 3.75. The Morgan fingerprint density at radius 3 is 2.40 bits per heavy atom. The summed E-state index contributed by atoms with van der Waals surface area (Å²) in [5.41, 5.74) is -0.936. The Balaban J connectivity index is 1.79. The van der Waals surface area contributed by atoms with Gasteiger partial charge < -0.3 is 9.64 Å². The molecule has 0 aromatic heterocycles. The van der Waals surface area contributed by atoms with Gasteiger partial charge in [0, 0.05) is 12.1 Å². The van der Waals surface area contributed by atoms with E-state index < -0.39 is 29.7 Å². The molecule has 4 nitrogen and oxygen atoms in total. The second kappa shape index (κ2) is 12.0. The molecule has 0 bridgehead atoms. The van der Waals surface area contributed by atoms with Gasteiger partial charge in [-0.2, -0.15) is 13.2 Å². The molecule has 1 aromatic carbocycles. The number of ether oxygens (including phenoxy) is 1. The first-order valence-electron chi connectivity index (χ1n) is 11.0. The van der Waals surface area contributed by atoms with Crippen LogP contribution in [0.25, 0.3) is 0 Å². The highest BCUT2D eigenvalue weighted by atomic mass is 19.4. The van der Waals surface area contributed by atoms with Crippen LogP contribution in [0.4, 0.5) is 13.2 Å². The maximum Gasteiger partial charge on any atom is 0.416 e.